The average Bonchev–Trinajstić information content (AvgIpc) is 2.55. The summed E-state index contributed by atoms with van der Waals surface area (Å²) in [6.45, 7) is 5.00. The molecule has 1 N–H and O–H groups in total. The molecule has 1 aromatic carbocycles. The lowest BCUT2D eigenvalue weighted by Crippen LogP contribution is -2.36. The first-order valence-electron chi connectivity index (χ1n) is 8.17. The molecule has 130 valence electrons. The van der Waals surface area contributed by atoms with E-state index < -0.39 is 0 Å². The van der Waals surface area contributed by atoms with E-state index in [-0.39, 0.29) is 18.3 Å². The zero-order valence-corrected chi connectivity index (χ0v) is 15.2. The molecule has 1 amide bonds. The van der Waals surface area contributed by atoms with Gasteiger partial charge in [0.15, 0.2) is 0 Å². The van der Waals surface area contributed by atoms with Gasteiger partial charge in [-0.1, -0.05) is 19.1 Å². The summed E-state index contributed by atoms with van der Waals surface area (Å²) >= 11 is 0. The Morgan fingerprint density at radius 3 is 2.91 bits per heavy atom. The molecule has 2 atom stereocenters. The van der Waals surface area contributed by atoms with Crippen molar-refractivity contribution in [1.29, 1.82) is 0 Å². The third-order valence-corrected chi connectivity index (χ3v) is 4.62. The Kier molecular flexibility index (Phi) is 8.42. The summed E-state index contributed by atoms with van der Waals surface area (Å²) in [6.07, 6.45) is 3.09. The zero-order chi connectivity index (χ0) is 15.9. The summed E-state index contributed by atoms with van der Waals surface area (Å²) in [5, 5.41) is 3.43. The van der Waals surface area contributed by atoms with Gasteiger partial charge in [-0.2, -0.15) is 0 Å². The molecule has 1 aliphatic heterocycles. The van der Waals surface area contributed by atoms with Gasteiger partial charge in [0.2, 0.25) is 5.91 Å². The monoisotopic (exact) mass is 340 g/mol. The summed E-state index contributed by atoms with van der Waals surface area (Å²) in [7, 11) is 3.54. The Morgan fingerprint density at radius 2 is 2.26 bits per heavy atom. The van der Waals surface area contributed by atoms with E-state index in [2.05, 4.69) is 12.2 Å². The van der Waals surface area contributed by atoms with Crippen molar-refractivity contribution in [3.05, 3.63) is 29.8 Å². The van der Waals surface area contributed by atoms with Crippen LogP contribution < -0.4 is 10.1 Å². The number of carbonyl (C=O) groups is 1. The molecule has 1 heterocycles. The number of amides is 1. The molecular formula is C18H29ClN2O2. The number of methoxy groups -OCH3 is 1. The highest BCUT2D eigenvalue weighted by atomic mass is 35.5. The van der Waals surface area contributed by atoms with E-state index in [4.69, 9.17) is 4.74 Å². The lowest BCUT2D eigenvalue weighted by molar-refractivity contribution is -0.131. The molecule has 0 bridgehead atoms. The van der Waals surface area contributed by atoms with E-state index in [0.717, 1.165) is 24.4 Å². The van der Waals surface area contributed by atoms with Crippen LogP contribution in [0.5, 0.6) is 5.75 Å². The second-order valence-corrected chi connectivity index (χ2v) is 6.39. The number of rotatable bonds is 6. The first-order valence-corrected chi connectivity index (χ1v) is 8.17. The number of nitrogens with zero attached hydrogens (tertiary/aromatic N) is 1. The van der Waals surface area contributed by atoms with Crippen LogP contribution in [0.1, 0.15) is 31.7 Å². The maximum absolute atomic E-state index is 12.4. The maximum atomic E-state index is 12.4. The van der Waals surface area contributed by atoms with Crippen molar-refractivity contribution in [3.8, 4) is 5.75 Å². The number of benzene rings is 1. The summed E-state index contributed by atoms with van der Waals surface area (Å²) in [5.41, 5.74) is 1.10. The van der Waals surface area contributed by atoms with Crippen molar-refractivity contribution in [2.75, 3.05) is 27.2 Å². The fourth-order valence-corrected chi connectivity index (χ4v) is 3.10. The zero-order valence-electron chi connectivity index (χ0n) is 14.4. The minimum absolute atomic E-state index is 0. The van der Waals surface area contributed by atoms with Gasteiger partial charge in [0.25, 0.3) is 0 Å². The minimum Gasteiger partial charge on any atom is -0.497 e. The highest BCUT2D eigenvalue weighted by molar-refractivity contribution is 5.85. The molecule has 0 aromatic heterocycles. The fraction of sp³-hybridized carbons (Fsp3) is 0.611. The van der Waals surface area contributed by atoms with Crippen LogP contribution in [0.2, 0.25) is 0 Å². The van der Waals surface area contributed by atoms with Crippen molar-refractivity contribution in [2.45, 2.75) is 32.7 Å². The maximum Gasteiger partial charge on any atom is 0.222 e. The van der Waals surface area contributed by atoms with Crippen LogP contribution in [0.3, 0.4) is 0 Å². The van der Waals surface area contributed by atoms with Gasteiger partial charge in [0.05, 0.1) is 7.11 Å². The largest absolute Gasteiger partial charge is 0.497 e. The summed E-state index contributed by atoms with van der Waals surface area (Å²) < 4.78 is 5.23. The topological polar surface area (TPSA) is 41.6 Å². The van der Waals surface area contributed by atoms with E-state index in [9.17, 15) is 4.79 Å². The summed E-state index contributed by atoms with van der Waals surface area (Å²) in [5.74, 6) is 2.12. The first-order chi connectivity index (χ1) is 10.6. The van der Waals surface area contributed by atoms with E-state index in [1.165, 1.54) is 12.8 Å². The molecule has 1 aliphatic rings. The number of piperidine rings is 1. The van der Waals surface area contributed by atoms with Crippen LogP contribution in [0.25, 0.3) is 0 Å². The quantitative estimate of drug-likeness (QED) is 0.865. The summed E-state index contributed by atoms with van der Waals surface area (Å²) in [4.78, 5) is 14.3. The Labute approximate surface area is 146 Å². The van der Waals surface area contributed by atoms with Gasteiger partial charge in [-0.25, -0.2) is 0 Å². The molecular weight excluding hydrogens is 312 g/mol. The van der Waals surface area contributed by atoms with Crippen LogP contribution in [0.4, 0.5) is 0 Å². The van der Waals surface area contributed by atoms with Gasteiger partial charge in [-0.3, -0.25) is 4.79 Å². The number of halogens is 1. The molecule has 0 spiro atoms. The van der Waals surface area contributed by atoms with Crippen molar-refractivity contribution in [1.82, 2.24) is 10.2 Å². The van der Waals surface area contributed by atoms with Crippen LogP contribution in [-0.4, -0.2) is 38.1 Å². The first kappa shape index (κ1) is 19.8. The number of nitrogens with one attached hydrogen (secondary N) is 1. The molecule has 23 heavy (non-hydrogen) atoms. The van der Waals surface area contributed by atoms with Crippen molar-refractivity contribution < 1.29 is 9.53 Å². The minimum atomic E-state index is 0. The van der Waals surface area contributed by atoms with E-state index in [0.29, 0.717) is 24.8 Å². The molecule has 0 aliphatic carbocycles. The normalized spacial score (nSPS) is 18.7. The highest BCUT2D eigenvalue weighted by Gasteiger charge is 2.23. The SMILES string of the molecule is COc1cccc(CN(C)C(=O)CC(C)C2CCCNC2)c1.Cl. The number of hydrogen-bond donors (Lipinski definition) is 1. The van der Waals surface area contributed by atoms with E-state index >= 15 is 0 Å². The van der Waals surface area contributed by atoms with Gasteiger partial charge in [0, 0.05) is 20.0 Å². The predicted molar refractivity (Wildman–Crippen MR) is 96.1 cm³/mol. The van der Waals surface area contributed by atoms with Gasteiger partial charge >= 0.3 is 0 Å². The lowest BCUT2D eigenvalue weighted by atomic mass is 9.85. The van der Waals surface area contributed by atoms with Crippen LogP contribution in [0, 0.1) is 11.8 Å². The van der Waals surface area contributed by atoms with Crippen LogP contribution in [-0.2, 0) is 11.3 Å². The Morgan fingerprint density at radius 1 is 1.48 bits per heavy atom. The van der Waals surface area contributed by atoms with Crippen LogP contribution in [0.15, 0.2) is 24.3 Å². The van der Waals surface area contributed by atoms with Crippen molar-refractivity contribution in [3.63, 3.8) is 0 Å². The molecule has 1 aromatic rings. The van der Waals surface area contributed by atoms with Gasteiger partial charge < -0.3 is 15.0 Å². The Bertz CT molecular complexity index is 490. The number of ether oxygens (including phenoxy) is 1. The molecule has 5 heteroatoms. The van der Waals surface area contributed by atoms with E-state index in [1.807, 2.05) is 36.2 Å². The number of carbonyl (C=O) groups excluding carboxylic acids is 1. The summed E-state index contributed by atoms with van der Waals surface area (Å²) in [6, 6.07) is 7.89. The molecule has 4 nitrogen and oxygen atoms in total. The third-order valence-electron chi connectivity index (χ3n) is 4.62. The van der Waals surface area contributed by atoms with Crippen molar-refractivity contribution >= 4 is 18.3 Å². The molecule has 2 unspecified atom stereocenters. The fourth-order valence-electron chi connectivity index (χ4n) is 3.10. The smallest absolute Gasteiger partial charge is 0.222 e. The second-order valence-electron chi connectivity index (χ2n) is 6.39. The van der Waals surface area contributed by atoms with Gasteiger partial charge in [0.1, 0.15) is 5.75 Å². The highest BCUT2D eigenvalue weighted by Crippen LogP contribution is 2.23. The predicted octanol–water partition coefficient (Wildman–Crippen LogP) is 3.10. The van der Waals surface area contributed by atoms with Gasteiger partial charge in [-0.05, 0) is 55.5 Å². The molecule has 0 radical (unpaired) electrons. The Balaban J connectivity index is 0.00000264. The average molecular weight is 341 g/mol. The standard InChI is InChI=1S/C18H28N2O2.ClH/c1-14(16-7-5-9-19-12-16)10-18(21)20(2)13-15-6-4-8-17(11-15)22-3;/h4,6,8,11,14,16,19H,5,7,9-10,12-13H2,1-3H3;1H. The number of hydrogen-bond acceptors (Lipinski definition) is 3. The third kappa shape index (κ3) is 6.04. The molecule has 0 saturated carbocycles. The van der Waals surface area contributed by atoms with Crippen LogP contribution >= 0.6 is 12.4 Å². The Hall–Kier alpha value is -1.26. The molecule has 1 fully saturated rings. The van der Waals surface area contributed by atoms with Crippen molar-refractivity contribution in [2.24, 2.45) is 11.8 Å². The van der Waals surface area contributed by atoms with E-state index in [1.54, 1.807) is 7.11 Å². The lowest BCUT2D eigenvalue weighted by Gasteiger charge is -2.29. The van der Waals surface area contributed by atoms with Gasteiger partial charge in [-0.15, -0.1) is 12.4 Å². The molecule has 2 rings (SSSR count). The second kappa shape index (κ2) is 9.78. The molecule has 1 saturated heterocycles.